The summed E-state index contributed by atoms with van der Waals surface area (Å²) in [6.07, 6.45) is 0. The smallest absolute Gasteiger partial charge is 0.195 e. The van der Waals surface area contributed by atoms with Gasteiger partial charge in [-0.15, -0.1) is 0 Å². The van der Waals surface area contributed by atoms with Gasteiger partial charge in [-0.1, -0.05) is 29.8 Å². The summed E-state index contributed by atoms with van der Waals surface area (Å²) in [5.74, 6) is 2.07. The zero-order valence-electron chi connectivity index (χ0n) is 11.1. The fraction of sp³-hybridized carbons (Fsp3) is 0.385. The molecular weight excluding hydrogens is 326 g/mol. The molecule has 0 spiro atoms. The highest BCUT2D eigenvalue weighted by Gasteiger charge is 2.14. The predicted octanol–water partition coefficient (Wildman–Crippen LogP) is 4.03. The largest absolute Gasteiger partial charge is 0.496 e. The highest BCUT2D eigenvalue weighted by atomic mass is 79.9. The van der Waals surface area contributed by atoms with Crippen LogP contribution in [0.5, 0.6) is 5.75 Å². The summed E-state index contributed by atoms with van der Waals surface area (Å²) in [7, 11) is 1.65. The van der Waals surface area contributed by atoms with Gasteiger partial charge in [-0.2, -0.15) is 5.10 Å². The first-order chi connectivity index (χ1) is 9.02. The third kappa shape index (κ3) is 3.06. The van der Waals surface area contributed by atoms with Crippen molar-refractivity contribution in [3.8, 4) is 17.1 Å². The first-order valence-electron chi connectivity index (χ1n) is 6.02. The lowest BCUT2D eigenvalue weighted by atomic mass is 10.1. The van der Waals surface area contributed by atoms with E-state index in [1.165, 1.54) is 0 Å². The Balaban J connectivity index is 2.56. The van der Waals surface area contributed by atoms with Gasteiger partial charge in [-0.05, 0) is 36.3 Å². The highest BCUT2D eigenvalue weighted by molar-refractivity contribution is 9.10. The van der Waals surface area contributed by atoms with Crippen LogP contribution >= 0.6 is 28.1 Å². The third-order valence-corrected chi connectivity index (χ3v) is 3.52. The Morgan fingerprint density at radius 2 is 2.21 bits per heavy atom. The molecule has 0 saturated heterocycles. The first-order valence-corrected chi connectivity index (χ1v) is 7.22. The average Bonchev–Trinajstić information content (AvgIpc) is 2.70. The maximum atomic E-state index is 5.42. The summed E-state index contributed by atoms with van der Waals surface area (Å²) in [5.41, 5.74) is 0.929. The zero-order valence-corrected chi connectivity index (χ0v) is 13.5. The molecule has 0 saturated carbocycles. The molecule has 1 heterocycles. The second-order valence-electron chi connectivity index (χ2n) is 4.70. The third-order valence-electron chi connectivity index (χ3n) is 2.71. The van der Waals surface area contributed by atoms with Gasteiger partial charge in [0.05, 0.1) is 12.7 Å². The summed E-state index contributed by atoms with van der Waals surface area (Å²) in [5, 5.41) is 7.18. The molecule has 0 amide bonds. The van der Waals surface area contributed by atoms with E-state index in [-0.39, 0.29) is 0 Å². The van der Waals surface area contributed by atoms with Gasteiger partial charge in [-0.25, -0.2) is 0 Å². The Bertz CT molecular complexity index is 633. The molecule has 102 valence electrons. The minimum Gasteiger partial charge on any atom is -0.496 e. The number of nitrogens with zero attached hydrogens (tertiary/aromatic N) is 2. The Labute approximate surface area is 125 Å². The van der Waals surface area contributed by atoms with Gasteiger partial charge in [0.15, 0.2) is 10.6 Å². The standard InChI is InChI=1S/C13H16BrN3OS/c1-8(2)7-17-12(15-16-13(17)19)10-5-4-9(14)6-11(10)18-3/h4-6,8H,7H2,1-3H3,(H,16,19). The Hall–Kier alpha value is -1.14. The summed E-state index contributed by atoms with van der Waals surface area (Å²) < 4.78 is 9.03. The molecular formula is C13H16BrN3OS. The van der Waals surface area contributed by atoms with Gasteiger partial charge in [0.1, 0.15) is 5.75 Å². The number of aromatic nitrogens is 3. The predicted molar refractivity (Wildman–Crippen MR) is 81.9 cm³/mol. The van der Waals surface area contributed by atoms with Crippen LogP contribution in [0.15, 0.2) is 22.7 Å². The second-order valence-corrected chi connectivity index (χ2v) is 6.00. The molecule has 19 heavy (non-hydrogen) atoms. The number of halogens is 1. The summed E-state index contributed by atoms with van der Waals surface area (Å²) >= 11 is 8.73. The van der Waals surface area contributed by atoms with Crippen LogP contribution < -0.4 is 4.74 Å². The molecule has 0 atom stereocenters. The van der Waals surface area contributed by atoms with E-state index < -0.39 is 0 Å². The lowest BCUT2D eigenvalue weighted by molar-refractivity contribution is 0.415. The van der Waals surface area contributed by atoms with Crippen molar-refractivity contribution in [2.45, 2.75) is 20.4 Å². The molecule has 0 aliphatic heterocycles. The van der Waals surface area contributed by atoms with Crippen LogP contribution in [0.3, 0.4) is 0 Å². The minimum absolute atomic E-state index is 0.490. The normalized spacial score (nSPS) is 11.0. The van der Waals surface area contributed by atoms with Gasteiger partial charge in [0, 0.05) is 11.0 Å². The number of nitrogens with one attached hydrogen (secondary N) is 1. The highest BCUT2D eigenvalue weighted by Crippen LogP contribution is 2.31. The summed E-state index contributed by atoms with van der Waals surface area (Å²) in [6.45, 7) is 5.12. The maximum absolute atomic E-state index is 5.42. The Kier molecular flexibility index (Phi) is 4.42. The van der Waals surface area contributed by atoms with Crippen molar-refractivity contribution in [2.75, 3.05) is 7.11 Å². The van der Waals surface area contributed by atoms with Crippen molar-refractivity contribution >= 4 is 28.1 Å². The monoisotopic (exact) mass is 341 g/mol. The molecule has 6 heteroatoms. The van der Waals surface area contributed by atoms with Gasteiger partial charge >= 0.3 is 0 Å². The number of benzene rings is 1. The minimum atomic E-state index is 0.490. The quantitative estimate of drug-likeness (QED) is 0.853. The summed E-state index contributed by atoms with van der Waals surface area (Å²) in [4.78, 5) is 0. The van der Waals surface area contributed by atoms with Gasteiger partial charge < -0.3 is 4.74 Å². The van der Waals surface area contributed by atoms with E-state index in [1.54, 1.807) is 7.11 Å². The fourth-order valence-corrected chi connectivity index (χ4v) is 2.45. The van der Waals surface area contributed by atoms with Crippen molar-refractivity contribution in [3.63, 3.8) is 0 Å². The van der Waals surface area contributed by atoms with Crippen molar-refractivity contribution in [1.29, 1.82) is 0 Å². The van der Waals surface area contributed by atoms with E-state index in [0.29, 0.717) is 10.7 Å². The van der Waals surface area contributed by atoms with Crippen LogP contribution in [0.2, 0.25) is 0 Å². The fourth-order valence-electron chi connectivity index (χ4n) is 1.91. The number of aromatic amines is 1. The number of rotatable bonds is 4. The SMILES string of the molecule is COc1cc(Br)ccc1-c1n[nH]c(=S)n1CC(C)C. The maximum Gasteiger partial charge on any atom is 0.195 e. The number of hydrogen-bond acceptors (Lipinski definition) is 3. The molecule has 4 nitrogen and oxygen atoms in total. The van der Waals surface area contributed by atoms with Crippen molar-refractivity contribution in [2.24, 2.45) is 5.92 Å². The van der Waals surface area contributed by atoms with Crippen LogP contribution in [-0.4, -0.2) is 21.9 Å². The van der Waals surface area contributed by atoms with Gasteiger partial charge in [-0.3, -0.25) is 9.67 Å². The molecule has 1 N–H and O–H groups in total. The van der Waals surface area contributed by atoms with Gasteiger partial charge in [0.2, 0.25) is 0 Å². The lowest BCUT2D eigenvalue weighted by Crippen LogP contribution is -2.07. The molecule has 0 bridgehead atoms. The molecule has 2 rings (SSSR count). The molecule has 0 unspecified atom stereocenters. The number of hydrogen-bond donors (Lipinski definition) is 1. The van der Waals surface area contributed by atoms with E-state index in [9.17, 15) is 0 Å². The summed E-state index contributed by atoms with van der Waals surface area (Å²) in [6, 6.07) is 5.87. The van der Waals surface area contributed by atoms with E-state index >= 15 is 0 Å². The number of ether oxygens (including phenoxy) is 1. The van der Waals surface area contributed by atoms with Crippen LogP contribution in [-0.2, 0) is 6.54 Å². The van der Waals surface area contributed by atoms with Crippen molar-refractivity contribution in [1.82, 2.24) is 14.8 Å². The first kappa shape index (κ1) is 14.3. The van der Waals surface area contributed by atoms with Crippen LogP contribution in [0.25, 0.3) is 11.4 Å². The molecule has 0 radical (unpaired) electrons. The molecule has 0 aliphatic carbocycles. The molecule has 0 aliphatic rings. The van der Waals surface area contributed by atoms with Gasteiger partial charge in [0.25, 0.3) is 0 Å². The second kappa shape index (κ2) is 5.88. The van der Waals surface area contributed by atoms with Crippen LogP contribution in [0.4, 0.5) is 0 Å². The van der Waals surface area contributed by atoms with E-state index in [2.05, 4.69) is 40.0 Å². The van der Waals surface area contributed by atoms with Crippen molar-refractivity contribution in [3.05, 3.63) is 27.4 Å². The van der Waals surface area contributed by atoms with E-state index in [0.717, 1.165) is 28.2 Å². The van der Waals surface area contributed by atoms with Crippen molar-refractivity contribution < 1.29 is 4.74 Å². The zero-order chi connectivity index (χ0) is 14.0. The molecule has 1 aromatic carbocycles. The Morgan fingerprint density at radius 3 is 2.84 bits per heavy atom. The van der Waals surface area contributed by atoms with E-state index in [4.69, 9.17) is 17.0 Å². The molecule has 2 aromatic rings. The van der Waals surface area contributed by atoms with Crippen LogP contribution in [0.1, 0.15) is 13.8 Å². The average molecular weight is 342 g/mol. The van der Waals surface area contributed by atoms with Crippen LogP contribution in [0, 0.1) is 10.7 Å². The number of H-pyrrole nitrogens is 1. The molecule has 0 fully saturated rings. The molecule has 1 aromatic heterocycles. The lowest BCUT2D eigenvalue weighted by Gasteiger charge is -2.12. The Morgan fingerprint density at radius 1 is 1.47 bits per heavy atom. The van der Waals surface area contributed by atoms with E-state index in [1.807, 2.05) is 22.8 Å². The topological polar surface area (TPSA) is 42.8 Å². The number of methoxy groups -OCH3 is 1.